The Bertz CT molecular complexity index is 357. The summed E-state index contributed by atoms with van der Waals surface area (Å²) in [7, 11) is 0. The van der Waals surface area contributed by atoms with Crippen molar-refractivity contribution < 1.29 is 0 Å². The third-order valence-corrected chi connectivity index (χ3v) is 5.98. The van der Waals surface area contributed by atoms with Crippen molar-refractivity contribution in [3.05, 3.63) is 18.2 Å². The van der Waals surface area contributed by atoms with E-state index in [0.717, 1.165) is 19.6 Å². The summed E-state index contributed by atoms with van der Waals surface area (Å²) in [6.45, 7) is 7.94. The fraction of sp³-hybridized carbons (Fsp3) is 0.786. The molecule has 18 heavy (non-hydrogen) atoms. The maximum Gasteiger partial charge on any atom is 0.0948 e. The molecule has 0 saturated carbocycles. The zero-order chi connectivity index (χ0) is 13.0. The van der Waals surface area contributed by atoms with Gasteiger partial charge in [-0.3, -0.25) is 0 Å². The van der Waals surface area contributed by atoms with E-state index in [1.165, 1.54) is 25.0 Å². The molecule has 1 aromatic heterocycles. The normalized spacial score (nSPS) is 20.5. The first-order valence-electron chi connectivity index (χ1n) is 7.00. The fourth-order valence-electron chi connectivity index (χ4n) is 2.85. The molecule has 1 atom stereocenters. The van der Waals surface area contributed by atoms with Gasteiger partial charge in [0.2, 0.25) is 0 Å². The highest BCUT2D eigenvalue weighted by Crippen LogP contribution is 2.33. The number of hydrogen-bond acceptors (Lipinski definition) is 3. The van der Waals surface area contributed by atoms with Gasteiger partial charge in [0.1, 0.15) is 0 Å². The Kier molecular flexibility index (Phi) is 4.73. The van der Waals surface area contributed by atoms with E-state index in [4.69, 9.17) is 0 Å². The number of nitrogens with zero attached hydrogens (tertiary/aromatic N) is 2. The quantitative estimate of drug-likeness (QED) is 0.859. The summed E-state index contributed by atoms with van der Waals surface area (Å²) in [6.07, 6.45) is 9.99. The first-order chi connectivity index (χ1) is 8.74. The molecule has 1 aliphatic heterocycles. The van der Waals surface area contributed by atoms with E-state index in [2.05, 4.69) is 41.2 Å². The van der Waals surface area contributed by atoms with E-state index in [1.54, 1.807) is 0 Å². The third kappa shape index (κ3) is 2.75. The van der Waals surface area contributed by atoms with Gasteiger partial charge in [-0.15, -0.1) is 0 Å². The minimum absolute atomic E-state index is 0.363. The van der Waals surface area contributed by atoms with Crippen LogP contribution < -0.4 is 5.32 Å². The second kappa shape index (κ2) is 6.11. The van der Waals surface area contributed by atoms with Gasteiger partial charge in [0.25, 0.3) is 0 Å². The average Bonchev–Trinajstić information content (AvgIpc) is 3.06. The molecule has 3 nitrogen and oxygen atoms in total. The van der Waals surface area contributed by atoms with Gasteiger partial charge in [-0.1, -0.05) is 13.8 Å². The van der Waals surface area contributed by atoms with Crippen LogP contribution in [0.1, 0.15) is 44.7 Å². The monoisotopic (exact) mass is 267 g/mol. The molecular formula is C14H25N3S. The SMILES string of the molecule is CCC(CC)(Cn1cncc1C1CCNC1)SC. The van der Waals surface area contributed by atoms with Gasteiger partial charge in [0.15, 0.2) is 0 Å². The molecule has 0 aliphatic carbocycles. The molecule has 2 rings (SSSR count). The molecule has 2 heterocycles. The van der Waals surface area contributed by atoms with Crippen molar-refractivity contribution in [1.29, 1.82) is 0 Å². The Morgan fingerprint density at radius 1 is 1.50 bits per heavy atom. The Morgan fingerprint density at radius 3 is 2.83 bits per heavy atom. The molecule has 0 aromatic carbocycles. The number of rotatable bonds is 6. The smallest absolute Gasteiger partial charge is 0.0948 e. The molecule has 1 unspecified atom stereocenters. The number of hydrogen-bond donors (Lipinski definition) is 1. The molecule has 1 fully saturated rings. The number of nitrogens with one attached hydrogen (secondary N) is 1. The summed E-state index contributed by atoms with van der Waals surface area (Å²) in [5.41, 5.74) is 1.42. The van der Waals surface area contributed by atoms with Crippen LogP contribution in [-0.4, -0.2) is 33.6 Å². The van der Waals surface area contributed by atoms with Crippen molar-refractivity contribution in [2.45, 2.75) is 50.3 Å². The topological polar surface area (TPSA) is 29.9 Å². The Hall–Kier alpha value is -0.480. The summed E-state index contributed by atoms with van der Waals surface area (Å²) in [5, 5.41) is 3.45. The second-order valence-electron chi connectivity index (χ2n) is 5.23. The van der Waals surface area contributed by atoms with E-state index in [0.29, 0.717) is 10.7 Å². The maximum absolute atomic E-state index is 4.38. The first kappa shape index (κ1) is 13.9. The summed E-state index contributed by atoms with van der Waals surface area (Å²) in [4.78, 5) is 4.38. The fourth-order valence-corrected chi connectivity index (χ4v) is 3.69. The molecule has 102 valence electrons. The van der Waals surface area contributed by atoms with Gasteiger partial charge < -0.3 is 9.88 Å². The molecule has 0 spiro atoms. The lowest BCUT2D eigenvalue weighted by Gasteiger charge is -2.31. The minimum Gasteiger partial charge on any atom is -0.333 e. The zero-order valence-electron chi connectivity index (χ0n) is 11.8. The van der Waals surface area contributed by atoms with Gasteiger partial charge in [-0.05, 0) is 32.1 Å². The highest BCUT2D eigenvalue weighted by molar-refractivity contribution is 8.00. The van der Waals surface area contributed by atoms with Crippen LogP contribution >= 0.6 is 11.8 Å². The van der Waals surface area contributed by atoms with E-state index < -0.39 is 0 Å². The van der Waals surface area contributed by atoms with E-state index >= 15 is 0 Å². The number of aromatic nitrogens is 2. The molecule has 1 N–H and O–H groups in total. The third-order valence-electron chi connectivity index (χ3n) is 4.40. The predicted molar refractivity (Wildman–Crippen MR) is 79.3 cm³/mol. The molecule has 4 heteroatoms. The second-order valence-corrected chi connectivity index (χ2v) is 6.50. The van der Waals surface area contributed by atoms with Gasteiger partial charge >= 0.3 is 0 Å². The standard InChI is InChI=1S/C14H25N3S/c1-4-14(5-2,18-3)10-17-11-16-9-13(17)12-6-7-15-8-12/h9,11-12,15H,4-8,10H2,1-3H3. The van der Waals surface area contributed by atoms with E-state index in [1.807, 2.05) is 18.1 Å². The zero-order valence-corrected chi connectivity index (χ0v) is 12.6. The van der Waals surface area contributed by atoms with Crippen LogP contribution in [-0.2, 0) is 6.54 Å². The van der Waals surface area contributed by atoms with Gasteiger partial charge in [-0.2, -0.15) is 11.8 Å². The van der Waals surface area contributed by atoms with Crippen LogP contribution in [0.4, 0.5) is 0 Å². The molecule has 1 aromatic rings. The molecule has 0 bridgehead atoms. The number of thioether (sulfide) groups is 1. The van der Waals surface area contributed by atoms with Crippen molar-refractivity contribution in [2.24, 2.45) is 0 Å². The summed E-state index contributed by atoms with van der Waals surface area (Å²) in [5.74, 6) is 0.653. The number of imidazole rings is 1. The van der Waals surface area contributed by atoms with Crippen LogP contribution in [0.3, 0.4) is 0 Å². The molecule has 0 radical (unpaired) electrons. The van der Waals surface area contributed by atoms with Crippen molar-refractivity contribution in [3.63, 3.8) is 0 Å². The lowest BCUT2D eigenvalue weighted by molar-refractivity contribution is 0.451. The van der Waals surface area contributed by atoms with Crippen molar-refractivity contribution in [3.8, 4) is 0 Å². The highest BCUT2D eigenvalue weighted by Gasteiger charge is 2.28. The summed E-state index contributed by atoms with van der Waals surface area (Å²) >= 11 is 2.00. The van der Waals surface area contributed by atoms with Gasteiger partial charge in [0, 0.05) is 35.6 Å². The van der Waals surface area contributed by atoms with Crippen LogP contribution in [0.5, 0.6) is 0 Å². The minimum atomic E-state index is 0.363. The van der Waals surface area contributed by atoms with Gasteiger partial charge in [-0.25, -0.2) is 4.98 Å². The van der Waals surface area contributed by atoms with Crippen LogP contribution in [0, 0.1) is 0 Å². The Morgan fingerprint density at radius 2 is 2.28 bits per heavy atom. The first-order valence-corrected chi connectivity index (χ1v) is 8.23. The molecule has 1 aliphatic rings. The van der Waals surface area contributed by atoms with Crippen molar-refractivity contribution in [2.75, 3.05) is 19.3 Å². The molecule has 1 saturated heterocycles. The van der Waals surface area contributed by atoms with Crippen LogP contribution in [0.25, 0.3) is 0 Å². The molecule has 0 amide bonds. The predicted octanol–water partition coefficient (Wildman–Crippen LogP) is 2.88. The maximum atomic E-state index is 4.38. The highest BCUT2D eigenvalue weighted by atomic mass is 32.2. The summed E-state index contributed by atoms with van der Waals surface area (Å²) in [6, 6.07) is 0. The van der Waals surface area contributed by atoms with Crippen LogP contribution in [0.2, 0.25) is 0 Å². The molecular weight excluding hydrogens is 242 g/mol. The van der Waals surface area contributed by atoms with E-state index in [9.17, 15) is 0 Å². The van der Waals surface area contributed by atoms with E-state index in [-0.39, 0.29) is 0 Å². The summed E-state index contributed by atoms with van der Waals surface area (Å²) < 4.78 is 2.75. The van der Waals surface area contributed by atoms with Crippen molar-refractivity contribution >= 4 is 11.8 Å². The Labute approximate surface area is 115 Å². The largest absolute Gasteiger partial charge is 0.333 e. The van der Waals surface area contributed by atoms with Crippen LogP contribution in [0.15, 0.2) is 12.5 Å². The Balaban J connectivity index is 2.15. The van der Waals surface area contributed by atoms with Gasteiger partial charge in [0.05, 0.1) is 6.33 Å². The lowest BCUT2D eigenvalue weighted by atomic mass is 10.0. The average molecular weight is 267 g/mol. The lowest BCUT2D eigenvalue weighted by Crippen LogP contribution is -2.30. The van der Waals surface area contributed by atoms with Crippen molar-refractivity contribution in [1.82, 2.24) is 14.9 Å².